The molecule has 3 aromatic carbocycles. The van der Waals surface area contributed by atoms with Crippen LogP contribution < -0.4 is 15.1 Å². The topological polar surface area (TPSA) is 55.9 Å². The van der Waals surface area contributed by atoms with Crippen molar-refractivity contribution in [3.63, 3.8) is 0 Å². The highest BCUT2D eigenvalue weighted by Crippen LogP contribution is 2.43. The number of carbonyl (C=O) groups excluding carboxylic acids is 2. The fourth-order valence-corrected chi connectivity index (χ4v) is 6.90. The highest BCUT2D eigenvalue weighted by Gasteiger charge is 2.28. The van der Waals surface area contributed by atoms with Crippen molar-refractivity contribution in [3.8, 4) is 0 Å². The van der Waals surface area contributed by atoms with Gasteiger partial charge in [0.25, 0.3) is 5.91 Å². The molecular formula is C33H32ClFN4O2S. The van der Waals surface area contributed by atoms with E-state index in [1.54, 1.807) is 6.07 Å². The molecule has 0 unspecified atom stereocenters. The second-order valence-electron chi connectivity index (χ2n) is 10.7. The van der Waals surface area contributed by atoms with Crippen LogP contribution in [0.5, 0.6) is 0 Å². The van der Waals surface area contributed by atoms with Crippen molar-refractivity contribution in [2.75, 3.05) is 55.6 Å². The van der Waals surface area contributed by atoms with Gasteiger partial charge in [-0.15, -0.1) is 0 Å². The lowest BCUT2D eigenvalue weighted by atomic mass is 10.0. The summed E-state index contributed by atoms with van der Waals surface area (Å²) in [6.07, 6.45) is 4.24. The third-order valence-corrected chi connectivity index (χ3v) is 9.45. The lowest BCUT2D eigenvalue weighted by molar-refractivity contribution is -0.114. The fourth-order valence-electron chi connectivity index (χ4n) is 5.59. The summed E-state index contributed by atoms with van der Waals surface area (Å²) in [6, 6.07) is 20.4. The number of hydrogen-bond donors (Lipinski definition) is 1. The number of Topliss-reactive ketones (excluding diaryl/α,β-unsaturated/α-hetero) is 1. The predicted octanol–water partition coefficient (Wildman–Crippen LogP) is 5.93. The summed E-state index contributed by atoms with van der Waals surface area (Å²) < 4.78 is 14.1. The van der Waals surface area contributed by atoms with Crippen molar-refractivity contribution in [2.45, 2.75) is 17.9 Å². The molecule has 1 fully saturated rings. The molecule has 6 nitrogen and oxygen atoms in total. The van der Waals surface area contributed by atoms with Crippen LogP contribution in [-0.4, -0.2) is 62.4 Å². The smallest absolute Gasteiger partial charge is 0.251 e. The number of rotatable bonds is 7. The van der Waals surface area contributed by atoms with Gasteiger partial charge in [-0.05, 0) is 54.1 Å². The lowest BCUT2D eigenvalue weighted by Crippen LogP contribution is -2.48. The zero-order chi connectivity index (χ0) is 29.1. The van der Waals surface area contributed by atoms with E-state index in [9.17, 15) is 14.0 Å². The van der Waals surface area contributed by atoms with Gasteiger partial charge in [0, 0.05) is 90.4 Å². The van der Waals surface area contributed by atoms with Crippen LogP contribution in [0.2, 0.25) is 5.02 Å². The summed E-state index contributed by atoms with van der Waals surface area (Å²) in [5.74, 6) is -0.442. The Labute approximate surface area is 254 Å². The van der Waals surface area contributed by atoms with Gasteiger partial charge in [-0.1, -0.05) is 53.7 Å². The Morgan fingerprint density at radius 3 is 2.62 bits per heavy atom. The number of para-hydroxylation sites is 1. The Kier molecular flexibility index (Phi) is 8.65. The quantitative estimate of drug-likeness (QED) is 0.362. The highest BCUT2D eigenvalue weighted by atomic mass is 35.5. The van der Waals surface area contributed by atoms with E-state index in [1.807, 2.05) is 41.3 Å². The minimum atomic E-state index is -0.370. The third-order valence-electron chi connectivity index (χ3n) is 7.91. The maximum atomic E-state index is 14.1. The minimum Gasteiger partial charge on any atom is -0.369 e. The Balaban J connectivity index is 1.14. The van der Waals surface area contributed by atoms with E-state index in [2.05, 4.69) is 39.4 Å². The first-order valence-electron chi connectivity index (χ1n) is 14.2. The number of nitrogens with one attached hydrogen (secondary N) is 1. The Morgan fingerprint density at radius 2 is 1.81 bits per heavy atom. The summed E-state index contributed by atoms with van der Waals surface area (Å²) in [5, 5.41) is 3.54. The molecule has 216 valence electrons. The second kappa shape index (κ2) is 12.7. The van der Waals surface area contributed by atoms with Gasteiger partial charge in [-0.25, -0.2) is 4.39 Å². The first-order valence-corrected chi connectivity index (χ1v) is 15.4. The van der Waals surface area contributed by atoms with Crippen LogP contribution in [0.15, 0.2) is 94.3 Å². The van der Waals surface area contributed by atoms with Crippen LogP contribution in [0, 0.1) is 5.82 Å². The standard InChI is InChI=1S/C33H32ClFN4O2S/c34-28-11-10-25(35)19-24(28)21-39-22-27-30(40)7-4-8-31(27)42-32-12-9-23(20-29(32)39)33(41)36-13-14-37-15-17-38(18-16-37)26-5-2-1-3-6-26/h1-6,8-12,19-20H,7,13-18,21-22H2,(H,36,41). The number of fused-ring (bicyclic) bond motifs is 1. The van der Waals surface area contributed by atoms with Crippen LogP contribution >= 0.6 is 23.4 Å². The monoisotopic (exact) mass is 602 g/mol. The zero-order valence-electron chi connectivity index (χ0n) is 23.2. The van der Waals surface area contributed by atoms with Crippen molar-refractivity contribution >= 4 is 46.4 Å². The number of halogens is 2. The number of allylic oxidation sites excluding steroid dienone is 2. The normalized spacial score (nSPS) is 17.1. The number of thioether (sulfide) groups is 1. The van der Waals surface area contributed by atoms with Gasteiger partial charge < -0.3 is 15.1 Å². The molecule has 3 aromatic rings. The molecule has 0 aromatic heterocycles. The summed E-state index contributed by atoms with van der Waals surface area (Å²) >= 11 is 7.96. The molecule has 0 radical (unpaired) electrons. The summed E-state index contributed by atoms with van der Waals surface area (Å²) in [5.41, 5.74) is 3.96. The first kappa shape index (κ1) is 28.5. The SMILES string of the molecule is O=C1CC=CC2=C1CN(Cc1cc(F)ccc1Cl)c1cc(C(=O)NCCN3CCN(c4ccccc4)CC3)ccc1S2. The molecule has 6 rings (SSSR count). The van der Waals surface area contributed by atoms with Crippen LogP contribution in [0.3, 0.4) is 0 Å². The van der Waals surface area contributed by atoms with Gasteiger partial charge in [-0.2, -0.15) is 0 Å². The van der Waals surface area contributed by atoms with Gasteiger partial charge in [0.15, 0.2) is 5.78 Å². The number of piperazine rings is 1. The molecule has 0 spiro atoms. The molecule has 0 bridgehead atoms. The van der Waals surface area contributed by atoms with E-state index in [-0.39, 0.29) is 17.5 Å². The maximum Gasteiger partial charge on any atom is 0.251 e. The predicted molar refractivity (Wildman–Crippen MR) is 168 cm³/mol. The van der Waals surface area contributed by atoms with Crippen molar-refractivity contribution in [1.29, 1.82) is 0 Å². The van der Waals surface area contributed by atoms with Crippen molar-refractivity contribution in [2.24, 2.45) is 0 Å². The third kappa shape index (κ3) is 6.41. The van der Waals surface area contributed by atoms with Gasteiger partial charge in [0.05, 0.1) is 5.69 Å². The van der Waals surface area contributed by atoms with E-state index in [1.165, 1.54) is 29.6 Å². The Hall–Kier alpha value is -3.59. The zero-order valence-corrected chi connectivity index (χ0v) is 24.8. The molecule has 0 saturated carbocycles. The fraction of sp³-hybridized carbons (Fsp3) is 0.273. The molecular weight excluding hydrogens is 571 g/mol. The molecule has 42 heavy (non-hydrogen) atoms. The van der Waals surface area contributed by atoms with Gasteiger partial charge in [0.1, 0.15) is 5.82 Å². The lowest BCUT2D eigenvalue weighted by Gasteiger charge is -2.36. The number of nitrogens with zero attached hydrogens (tertiary/aromatic N) is 3. The molecule has 0 atom stereocenters. The Morgan fingerprint density at radius 1 is 1.00 bits per heavy atom. The van der Waals surface area contributed by atoms with Crippen molar-refractivity contribution in [1.82, 2.24) is 10.2 Å². The van der Waals surface area contributed by atoms with Gasteiger partial charge in [0.2, 0.25) is 0 Å². The van der Waals surface area contributed by atoms with Crippen LogP contribution in [0.25, 0.3) is 0 Å². The molecule has 2 aliphatic heterocycles. The van der Waals surface area contributed by atoms with Crippen LogP contribution in [0.1, 0.15) is 22.3 Å². The second-order valence-corrected chi connectivity index (χ2v) is 12.2. The van der Waals surface area contributed by atoms with E-state index in [0.717, 1.165) is 53.8 Å². The molecule has 1 amide bonds. The van der Waals surface area contributed by atoms with Crippen LogP contribution in [0.4, 0.5) is 15.8 Å². The number of benzene rings is 3. The molecule has 2 heterocycles. The Bertz CT molecular complexity index is 1550. The largest absolute Gasteiger partial charge is 0.369 e. The van der Waals surface area contributed by atoms with E-state index < -0.39 is 0 Å². The summed E-state index contributed by atoms with van der Waals surface area (Å²) in [4.78, 5) is 34.7. The number of anilines is 2. The number of hydrogen-bond acceptors (Lipinski definition) is 6. The van der Waals surface area contributed by atoms with Crippen molar-refractivity contribution in [3.05, 3.63) is 111 Å². The molecule has 1 saturated heterocycles. The minimum absolute atomic E-state index is 0.0747. The van der Waals surface area contributed by atoms with E-state index in [0.29, 0.717) is 42.2 Å². The van der Waals surface area contributed by atoms with Crippen LogP contribution in [-0.2, 0) is 11.3 Å². The average Bonchev–Trinajstić information content (AvgIpc) is 3.16. The van der Waals surface area contributed by atoms with Gasteiger partial charge >= 0.3 is 0 Å². The van der Waals surface area contributed by atoms with E-state index >= 15 is 0 Å². The van der Waals surface area contributed by atoms with Gasteiger partial charge in [-0.3, -0.25) is 14.5 Å². The maximum absolute atomic E-state index is 14.1. The molecule has 1 aliphatic carbocycles. The first-order chi connectivity index (χ1) is 20.4. The summed E-state index contributed by atoms with van der Waals surface area (Å²) in [7, 11) is 0. The molecule has 3 aliphatic rings. The molecule has 1 N–H and O–H groups in total. The molecule has 9 heteroatoms. The van der Waals surface area contributed by atoms with E-state index in [4.69, 9.17) is 11.6 Å². The van der Waals surface area contributed by atoms with Crippen molar-refractivity contribution < 1.29 is 14.0 Å². The number of carbonyl (C=O) groups is 2. The number of amides is 1. The number of ketones is 1. The highest BCUT2D eigenvalue weighted by molar-refractivity contribution is 8.03. The summed E-state index contributed by atoms with van der Waals surface area (Å²) in [6.45, 7) is 5.80. The average molecular weight is 603 g/mol.